The van der Waals surface area contributed by atoms with Gasteiger partial charge in [-0.2, -0.15) is 0 Å². The molecule has 0 aromatic heterocycles. The van der Waals surface area contributed by atoms with E-state index in [0.717, 1.165) is 36.7 Å². The van der Waals surface area contributed by atoms with Crippen LogP contribution in [0.3, 0.4) is 0 Å². The molecule has 2 aromatic rings. The Balaban J connectivity index is 0.00000385. The molecule has 0 aliphatic carbocycles. The van der Waals surface area contributed by atoms with Crippen LogP contribution < -0.4 is 15.4 Å². The minimum absolute atomic E-state index is 0. The average molecular weight is 565 g/mol. The van der Waals surface area contributed by atoms with Gasteiger partial charge in [0, 0.05) is 45.2 Å². The molecule has 7 heteroatoms. The Bertz CT molecular complexity index is 930. The molecule has 2 N–H and O–H groups in total. The standard InChI is InChI=1S/C26H36N4O2.HI/c1-5-20(3)32-24-15-19(2)8-13-23(24)17-29-26(27-4)28-16-21-9-11-22(12-10-21)18-30-14-6-7-25(30)31;/h8-13,15,20H,5-7,14,16-18H2,1-4H3,(H2,27,28,29);1H. The fourth-order valence-electron chi connectivity index (χ4n) is 3.66. The number of ether oxygens (including phenoxy) is 1. The van der Waals surface area contributed by atoms with Crippen LogP contribution in [0.15, 0.2) is 47.5 Å². The first-order valence-electron chi connectivity index (χ1n) is 11.5. The molecule has 1 atom stereocenters. The number of rotatable bonds is 9. The van der Waals surface area contributed by atoms with Crippen molar-refractivity contribution in [2.24, 2.45) is 4.99 Å². The summed E-state index contributed by atoms with van der Waals surface area (Å²) in [6, 6.07) is 14.7. The van der Waals surface area contributed by atoms with E-state index < -0.39 is 0 Å². The first kappa shape index (κ1) is 27.0. The Morgan fingerprint density at radius 2 is 1.82 bits per heavy atom. The molecule has 1 fully saturated rings. The van der Waals surface area contributed by atoms with Crippen molar-refractivity contribution < 1.29 is 9.53 Å². The van der Waals surface area contributed by atoms with Gasteiger partial charge in [0.1, 0.15) is 5.75 Å². The Morgan fingerprint density at radius 3 is 2.45 bits per heavy atom. The summed E-state index contributed by atoms with van der Waals surface area (Å²) in [5.41, 5.74) is 4.63. The van der Waals surface area contributed by atoms with Crippen molar-refractivity contribution >= 4 is 35.8 Å². The number of aryl methyl sites for hydroxylation is 1. The molecule has 1 saturated heterocycles. The van der Waals surface area contributed by atoms with Gasteiger partial charge in [-0.05, 0) is 49.4 Å². The molecular weight excluding hydrogens is 527 g/mol. The average Bonchev–Trinajstić information content (AvgIpc) is 3.20. The number of carbonyl (C=O) groups excluding carboxylic acids is 1. The Morgan fingerprint density at radius 1 is 1.12 bits per heavy atom. The fourth-order valence-corrected chi connectivity index (χ4v) is 3.66. The normalized spacial score (nSPS) is 14.6. The topological polar surface area (TPSA) is 66.0 Å². The van der Waals surface area contributed by atoms with Crippen molar-refractivity contribution in [2.75, 3.05) is 13.6 Å². The van der Waals surface area contributed by atoms with Crippen LogP contribution in [-0.2, 0) is 24.4 Å². The van der Waals surface area contributed by atoms with Crippen molar-refractivity contribution in [1.29, 1.82) is 0 Å². The number of nitrogens with zero attached hydrogens (tertiary/aromatic N) is 2. The number of nitrogens with one attached hydrogen (secondary N) is 2. The molecule has 1 aliphatic rings. The van der Waals surface area contributed by atoms with Crippen LogP contribution in [0.1, 0.15) is 55.4 Å². The van der Waals surface area contributed by atoms with E-state index in [1.54, 1.807) is 7.05 Å². The number of hydrogen-bond donors (Lipinski definition) is 2. The summed E-state index contributed by atoms with van der Waals surface area (Å²) in [5.74, 6) is 1.93. The molecule has 33 heavy (non-hydrogen) atoms. The van der Waals surface area contributed by atoms with Crippen LogP contribution >= 0.6 is 24.0 Å². The van der Waals surface area contributed by atoms with E-state index in [-0.39, 0.29) is 36.0 Å². The van der Waals surface area contributed by atoms with Gasteiger partial charge in [-0.15, -0.1) is 24.0 Å². The Labute approximate surface area is 215 Å². The van der Waals surface area contributed by atoms with E-state index in [2.05, 4.69) is 78.9 Å². The highest BCUT2D eigenvalue weighted by molar-refractivity contribution is 14.0. The summed E-state index contributed by atoms with van der Waals surface area (Å²) in [6.45, 7) is 9.18. The van der Waals surface area contributed by atoms with E-state index in [9.17, 15) is 4.79 Å². The highest BCUT2D eigenvalue weighted by Gasteiger charge is 2.19. The SMILES string of the molecule is CCC(C)Oc1cc(C)ccc1CNC(=NC)NCc1ccc(CN2CCCC2=O)cc1.I. The van der Waals surface area contributed by atoms with Crippen molar-refractivity contribution in [3.8, 4) is 5.75 Å². The second-order valence-electron chi connectivity index (χ2n) is 8.46. The highest BCUT2D eigenvalue weighted by atomic mass is 127. The van der Waals surface area contributed by atoms with Crippen LogP contribution in [0, 0.1) is 6.92 Å². The number of amides is 1. The first-order chi connectivity index (χ1) is 15.5. The van der Waals surface area contributed by atoms with Crippen molar-refractivity contribution in [2.45, 2.75) is 65.8 Å². The van der Waals surface area contributed by atoms with Crippen molar-refractivity contribution in [1.82, 2.24) is 15.5 Å². The summed E-state index contributed by atoms with van der Waals surface area (Å²) >= 11 is 0. The maximum absolute atomic E-state index is 11.8. The van der Waals surface area contributed by atoms with Crippen LogP contribution in [0.25, 0.3) is 0 Å². The summed E-state index contributed by atoms with van der Waals surface area (Å²) in [5, 5.41) is 6.76. The van der Waals surface area contributed by atoms with Gasteiger partial charge in [-0.25, -0.2) is 0 Å². The molecular formula is C26H37IN4O2. The maximum atomic E-state index is 11.8. The lowest BCUT2D eigenvalue weighted by molar-refractivity contribution is -0.128. The molecule has 0 radical (unpaired) electrons. The summed E-state index contributed by atoms with van der Waals surface area (Å²) < 4.78 is 6.11. The zero-order chi connectivity index (χ0) is 22.9. The number of halogens is 1. The van der Waals surface area contributed by atoms with E-state index in [1.807, 2.05) is 4.90 Å². The number of benzene rings is 2. The van der Waals surface area contributed by atoms with Gasteiger partial charge in [0.15, 0.2) is 5.96 Å². The highest BCUT2D eigenvalue weighted by Crippen LogP contribution is 2.22. The zero-order valence-corrected chi connectivity index (χ0v) is 22.5. The number of likely N-dealkylation sites (tertiary alicyclic amines) is 1. The lowest BCUT2D eigenvalue weighted by Crippen LogP contribution is -2.36. The molecule has 0 saturated carbocycles. The van der Waals surface area contributed by atoms with Gasteiger partial charge in [-0.1, -0.05) is 43.3 Å². The lowest BCUT2D eigenvalue weighted by atomic mass is 10.1. The van der Waals surface area contributed by atoms with E-state index >= 15 is 0 Å². The molecule has 3 rings (SSSR count). The molecule has 1 aliphatic heterocycles. The molecule has 0 bridgehead atoms. The van der Waals surface area contributed by atoms with Crippen LogP contribution in [0.2, 0.25) is 0 Å². The second kappa shape index (κ2) is 13.4. The molecule has 1 unspecified atom stereocenters. The van der Waals surface area contributed by atoms with Gasteiger partial charge in [0.2, 0.25) is 5.91 Å². The number of guanidine groups is 1. The van der Waals surface area contributed by atoms with Gasteiger partial charge in [0.25, 0.3) is 0 Å². The van der Waals surface area contributed by atoms with Crippen LogP contribution in [0.5, 0.6) is 5.75 Å². The summed E-state index contributed by atoms with van der Waals surface area (Å²) in [4.78, 5) is 18.1. The van der Waals surface area contributed by atoms with Gasteiger partial charge in [-0.3, -0.25) is 9.79 Å². The van der Waals surface area contributed by atoms with Gasteiger partial charge in [0.05, 0.1) is 6.10 Å². The minimum atomic E-state index is 0. The van der Waals surface area contributed by atoms with Crippen LogP contribution in [-0.4, -0.2) is 36.5 Å². The molecule has 1 heterocycles. The van der Waals surface area contributed by atoms with E-state index in [0.29, 0.717) is 26.1 Å². The third-order valence-electron chi connectivity index (χ3n) is 5.82. The number of aliphatic imine (C=N–C) groups is 1. The monoisotopic (exact) mass is 564 g/mol. The Hall–Kier alpha value is -2.29. The fraction of sp³-hybridized carbons (Fsp3) is 0.462. The smallest absolute Gasteiger partial charge is 0.222 e. The summed E-state index contributed by atoms with van der Waals surface area (Å²) in [6.07, 6.45) is 2.81. The molecule has 180 valence electrons. The predicted octanol–water partition coefficient (Wildman–Crippen LogP) is 4.78. The van der Waals surface area contributed by atoms with Crippen LogP contribution in [0.4, 0.5) is 0 Å². The largest absolute Gasteiger partial charge is 0.490 e. The second-order valence-corrected chi connectivity index (χ2v) is 8.46. The molecule has 2 aromatic carbocycles. The third kappa shape index (κ3) is 8.21. The van der Waals surface area contributed by atoms with Crippen molar-refractivity contribution in [3.63, 3.8) is 0 Å². The van der Waals surface area contributed by atoms with Gasteiger partial charge < -0.3 is 20.3 Å². The molecule has 1 amide bonds. The summed E-state index contributed by atoms with van der Waals surface area (Å²) in [7, 11) is 1.78. The maximum Gasteiger partial charge on any atom is 0.222 e. The number of hydrogen-bond acceptors (Lipinski definition) is 3. The van der Waals surface area contributed by atoms with Crippen molar-refractivity contribution in [3.05, 3.63) is 64.7 Å². The van der Waals surface area contributed by atoms with Gasteiger partial charge >= 0.3 is 0 Å². The Kier molecular flexibility index (Phi) is 11.0. The number of carbonyl (C=O) groups is 1. The molecule has 0 spiro atoms. The lowest BCUT2D eigenvalue weighted by Gasteiger charge is -2.18. The van der Waals surface area contributed by atoms with E-state index in [4.69, 9.17) is 4.74 Å². The predicted molar refractivity (Wildman–Crippen MR) is 145 cm³/mol. The third-order valence-corrected chi connectivity index (χ3v) is 5.82. The quantitative estimate of drug-likeness (QED) is 0.262. The van der Waals surface area contributed by atoms with E-state index in [1.165, 1.54) is 16.7 Å². The zero-order valence-electron chi connectivity index (χ0n) is 20.2. The first-order valence-corrected chi connectivity index (χ1v) is 11.5. The minimum Gasteiger partial charge on any atom is -0.490 e. The molecule has 6 nitrogen and oxygen atoms in total.